The summed E-state index contributed by atoms with van der Waals surface area (Å²) in [4.78, 5) is 15.0. The SMILES string of the molecule is CCOOCC(C#N)=C1Sc2cc3c(cc2S1)SC(=C(C)C)S3. The molecule has 0 atom stereocenters. The van der Waals surface area contributed by atoms with E-state index in [-0.39, 0.29) is 6.61 Å². The Kier molecular flexibility index (Phi) is 5.73. The molecule has 0 aromatic heterocycles. The van der Waals surface area contributed by atoms with Gasteiger partial charge in [-0.2, -0.15) is 5.26 Å². The van der Waals surface area contributed by atoms with Gasteiger partial charge in [-0.05, 0) is 32.9 Å². The van der Waals surface area contributed by atoms with Crippen LogP contribution in [0.25, 0.3) is 0 Å². The summed E-state index contributed by atoms with van der Waals surface area (Å²) in [5.74, 6) is 0. The van der Waals surface area contributed by atoms with Crippen molar-refractivity contribution < 1.29 is 9.78 Å². The average molecular weight is 382 g/mol. The third-order valence-electron chi connectivity index (χ3n) is 3.01. The predicted molar refractivity (Wildman–Crippen MR) is 98.5 cm³/mol. The van der Waals surface area contributed by atoms with Crippen molar-refractivity contribution in [3.05, 3.63) is 31.8 Å². The molecule has 0 aliphatic carbocycles. The predicted octanol–water partition coefficient (Wildman–Crippen LogP) is 6.04. The Morgan fingerprint density at radius 3 is 1.91 bits per heavy atom. The maximum atomic E-state index is 9.34. The highest BCUT2D eigenvalue weighted by molar-refractivity contribution is 8.25. The zero-order valence-electron chi connectivity index (χ0n) is 13.0. The summed E-state index contributed by atoms with van der Waals surface area (Å²) in [5.41, 5.74) is 1.98. The summed E-state index contributed by atoms with van der Waals surface area (Å²) >= 11 is 6.97. The van der Waals surface area contributed by atoms with Crippen molar-refractivity contribution >= 4 is 47.0 Å². The lowest BCUT2D eigenvalue weighted by molar-refractivity contribution is -0.283. The molecule has 23 heavy (non-hydrogen) atoms. The third kappa shape index (κ3) is 3.78. The summed E-state index contributed by atoms with van der Waals surface area (Å²) in [6.07, 6.45) is 0. The van der Waals surface area contributed by atoms with Crippen molar-refractivity contribution in [2.45, 2.75) is 40.4 Å². The van der Waals surface area contributed by atoms with Crippen LogP contribution in [0.4, 0.5) is 0 Å². The Morgan fingerprint density at radius 2 is 1.48 bits per heavy atom. The molecule has 1 aromatic carbocycles. The molecule has 2 heterocycles. The van der Waals surface area contributed by atoms with Gasteiger partial charge in [-0.1, -0.05) is 52.6 Å². The first-order chi connectivity index (χ1) is 11.1. The van der Waals surface area contributed by atoms with E-state index in [2.05, 4.69) is 32.0 Å². The van der Waals surface area contributed by atoms with Gasteiger partial charge in [-0.3, -0.25) is 0 Å². The van der Waals surface area contributed by atoms with Crippen LogP contribution in [-0.2, 0) is 9.78 Å². The van der Waals surface area contributed by atoms with Gasteiger partial charge in [0.25, 0.3) is 0 Å². The summed E-state index contributed by atoms with van der Waals surface area (Å²) in [7, 11) is 0. The standard InChI is InChI=1S/C16H15NO2S4/c1-4-18-19-8-10(7-17)16-22-13-5-11-12(6-14(13)23-16)21-15(20-11)9(2)3/h5-6H,4,8H2,1-3H3. The van der Waals surface area contributed by atoms with Crippen LogP contribution in [0, 0.1) is 11.3 Å². The molecule has 0 spiro atoms. The highest BCUT2D eigenvalue weighted by Crippen LogP contribution is 2.59. The number of hydrogen-bond donors (Lipinski definition) is 0. The van der Waals surface area contributed by atoms with Crippen molar-refractivity contribution in [3.63, 3.8) is 0 Å². The zero-order chi connectivity index (χ0) is 16.4. The lowest BCUT2D eigenvalue weighted by Crippen LogP contribution is -1.99. The van der Waals surface area contributed by atoms with Crippen LogP contribution in [0.2, 0.25) is 0 Å². The second-order valence-electron chi connectivity index (χ2n) is 4.99. The normalized spacial score (nSPS) is 15.4. The zero-order valence-corrected chi connectivity index (χ0v) is 16.2. The number of benzene rings is 1. The minimum absolute atomic E-state index is 0.193. The van der Waals surface area contributed by atoms with Gasteiger partial charge in [0.1, 0.15) is 6.61 Å². The highest BCUT2D eigenvalue weighted by atomic mass is 32.2. The van der Waals surface area contributed by atoms with Gasteiger partial charge in [0.15, 0.2) is 0 Å². The van der Waals surface area contributed by atoms with Crippen LogP contribution in [0.3, 0.4) is 0 Å². The lowest BCUT2D eigenvalue weighted by Gasteiger charge is -2.02. The molecule has 0 N–H and O–H groups in total. The number of nitriles is 1. The van der Waals surface area contributed by atoms with Gasteiger partial charge in [-0.25, -0.2) is 9.78 Å². The molecule has 0 amide bonds. The van der Waals surface area contributed by atoms with Crippen molar-refractivity contribution in [2.75, 3.05) is 13.2 Å². The van der Waals surface area contributed by atoms with Crippen LogP contribution < -0.4 is 0 Å². The first kappa shape index (κ1) is 17.3. The van der Waals surface area contributed by atoms with Gasteiger partial charge >= 0.3 is 0 Å². The largest absolute Gasteiger partial charge is 0.237 e. The van der Waals surface area contributed by atoms with Crippen LogP contribution in [0.5, 0.6) is 0 Å². The molecule has 3 nitrogen and oxygen atoms in total. The molecule has 7 heteroatoms. The Labute approximate surface area is 153 Å². The molecule has 1 aromatic rings. The molecule has 3 rings (SSSR count). The van der Waals surface area contributed by atoms with Crippen LogP contribution in [-0.4, -0.2) is 13.2 Å². The summed E-state index contributed by atoms with van der Waals surface area (Å²) in [6, 6.07) is 6.71. The number of fused-ring (bicyclic) bond motifs is 2. The topological polar surface area (TPSA) is 42.2 Å². The molecular formula is C16H15NO2S4. The molecule has 0 fully saturated rings. The molecule has 0 radical (unpaired) electrons. The number of nitrogens with zero attached hydrogens (tertiary/aromatic N) is 1. The Bertz CT molecular complexity index is 706. The summed E-state index contributed by atoms with van der Waals surface area (Å²) in [6.45, 7) is 6.82. The first-order valence-corrected chi connectivity index (χ1v) is 10.3. The quantitative estimate of drug-likeness (QED) is 0.273. The summed E-state index contributed by atoms with van der Waals surface area (Å²) < 4.78 is 2.36. The monoisotopic (exact) mass is 381 g/mol. The van der Waals surface area contributed by atoms with Crippen molar-refractivity contribution in [1.29, 1.82) is 5.26 Å². The van der Waals surface area contributed by atoms with E-state index in [0.717, 1.165) is 4.24 Å². The van der Waals surface area contributed by atoms with Gasteiger partial charge in [-0.15, -0.1) is 0 Å². The number of allylic oxidation sites excluding steroid dienone is 1. The van der Waals surface area contributed by atoms with Crippen molar-refractivity contribution in [2.24, 2.45) is 0 Å². The van der Waals surface area contributed by atoms with E-state index in [9.17, 15) is 5.26 Å². The van der Waals surface area contributed by atoms with Gasteiger partial charge in [0, 0.05) is 23.8 Å². The fourth-order valence-corrected chi connectivity index (χ4v) is 7.00. The van der Waals surface area contributed by atoms with Crippen molar-refractivity contribution in [1.82, 2.24) is 0 Å². The fourth-order valence-electron chi connectivity index (χ4n) is 1.93. The second-order valence-corrected chi connectivity index (χ2v) is 9.71. The van der Waals surface area contributed by atoms with Crippen LogP contribution in [0.1, 0.15) is 20.8 Å². The van der Waals surface area contributed by atoms with Gasteiger partial charge in [0.05, 0.1) is 22.5 Å². The second kappa shape index (κ2) is 7.60. The Morgan fingerprint density at radius 1 is 0.957 bits per heavy atom. The average Bonchev–Trinajstić information content (AvgIpc) is 3.11. The molecule has 0 saturated carbocycles. The molecule has 0 unspecified atom stereocenters. The smallest absolute Gasteiger partial charge is 0.119 e. The van der Waals surface area contributed by atoms with Crippen LogP contribution >= 0.6 is 47.0 Å². The molecule has 2 aliphatic heterocycles. The van der Waals surface area contributed by atoms with E-state index < -0.39 is 0 Å². The fraction of sp³-hybridized carbons (Fsp3) is 0.312. The number of rotatable bonds is 4. The van der Waals surface area contributed by atoms with Crippen molar-refractivity contribution in [3.8, 4) is 6.07 Å². The number of thioether (sulfide) groups is 4. The highest BCUT2D eigenvalue weighted by Gasteiger charge is 2.27. The van der Waals surface area contributed by atoms with E-state index in [4.69, 9.17) is 9.78 Å². The minimum Gasteiger partial charge on any atom is -0.237 e. The molecule has 120 valence electrons. The third-order valence-corrected chi connectivity index (χ3v) is 8.55. The van der Waals surface area contributed by atoms with E-state index in [1.165, 1.54) is 29.4 Å². The first-order valence-electron chi connectivity index (χ1n) is 7.07. The molecular weight excluding hydrogens is 366 g/mol. The van der Waals surface area contributed by atoms with E-state index in [0.29, 0.717) is 12.2 Å². The van der Waals surface area contributed by atoms with Gasteiger partial charge < -0.3 is 0 Å². The maximum absolute atomic E-state index is 9.34. The van der Waals surface area contributed by atoms with Crippen LogP contribution in [0.15, 0.2) is 51.3 Å². The minimum atomic E-state index is 0.193. The number of hydrogen-bond acceptors (Lipinski definition) is 7. The lowest BCUT2D eigenvalue weighted by atomic mass is 10.3. The summed E-state index contributed by atoms with van der Waals surface area (Å²) in [5, 5.41) is 9.34. The van der Waals surface area contributed by atoms with Gasteiger partial charge in [0.2, 0.25) is 0 Å². The van der Waals surface area contributed by atoms with E-state index in [1.807, 2.05) is 30.4 Å². The Hall–Kier alpha value is -0.490. The molecule has 0 saturated heterocycles. The van der Waals surface area contributed by atoms with E-state index in [1.54, 1.807) is 23.5 Å². The molecule has 0 bridgehead atoms. The Balaban J connectivity index is 1.81. The maximum Gasteiger partial charge on any atom is 0.119 e. The van der Waals surface area contributed by atoms with E-state index >= 15 is 0 Å². The molecule has 2 aliphatic rings.